The molecular weight excluding hydrogens is 198 g/mol. The van der Waals surface area contributed by atoms with E-state index in [0.717, 1.165) is 0 Å². The smallest absolute Gasteiger partial charge is 0.123 e. The van der Waals surface area contributed by atoms with Crippen LogP contribution >= 0.6 is 0 Å². The third-order valence-corrected chi connectivity index (χ3v) is 5.12. The van der Waals surface area contributed by atoms with Gasteiger partial charge in [0, 0.05) is 0 Å². The summed E-state index contributed by atoms with van der Waals surface area (Å²) < 4.78 is 0. The van der Waals surface area contributed by atoms with Gasteiger partial charge < -0.3 is 4.98 Å². The van der Waals surface area contributed by atoms with Crippen molar-refractivity contribution in [2.75, 3.05) is 6.54 Å². The zero-order valence-electron chi connectivity index (χ0n) is 10.2. The van der Waals surface area contributed by atoms with Crippen molar-refractivity contribution < 1.29 is 0 Å². The third kappa shape index (κ3) is 5.14. The van der Waals surface area contributed by atoms with Crippen molar-refractivity contribution in [1.29, 1.82) is 0 Å². The Hall–Kier alpha value is -0.603. The minimum Gasteiger partial charge on any atom is -0.337 e. The minimum absolute atomic E-state index is 1.18. The highest BCUT2D eigenvalue weighted by Crippen LogP contribution is 2.09. The van der Waals surface area contributed by atoms with Gasteiger partial charge in [-0.1, -0.05) is 56.8 Å². The first-order chi connectivity index (χ1) is 7.14. The molecule has 0 atom stereocenters. The molecule has 2 heteroatoms. The highest BCUT2D eigenvalue weighted by molar-refractivity contribution is 6.74. The van der Waals surface area contributed by atoms with E-state index in [-0.39, 0.29) is 0 Å². The topological polar surface area (TPSA) is 12.0 Å². The van der Waals surface area contributed by atoms with Crippen LogP contribution in [0.1, 0.15) is 25.3 Å². The fourth-order valence-electron chi connectivity index (χ4n) is 1.77. The first-order valence-electron chi connectivity index (χ1n) is 5.93. The van der Waals surface area contributed by atoms with Crippen LogP contribution in [0.5, 0.6) is 0 Å². The fraction of sp³-hybridized carbons (Fsp3) is 0.538. The molecule has 1 rings (SSSR count). The summed E-state index contributed by atoms with van der Waals surface area (Å²) in [7, 11) is -1.23. The van der Waals surface area contributed by atoms with Gasteiger partial charge in [-0.15, -0.1) is 0 Å². The van der Waals surface area contributed by atoms with E-state index < -0.39 is 8.24 Å². The summed E-state index contributed by atoms with van der Waals surface area (Å²) in [5.74, 6) is 0. The van der Waals surface area contributed by atoms with Crippen molar-refractivity contribution in [1.82, 2.24) is 4.98 Å². The predicted octanol–water partition coefficient (Wildman–Crippen LogP) is 3.36. The molecule has 0 bridgehead atoms. The summed E-state index contributed by atoms with van der Waals surface area (Å²) >= 11 is 0. The van der Waals surface area contributed by atoms with Gasteiger partial charge in [-0.3, -0.25) is 0 Å². The van der Waals surface area contributed by atoms with E-state index in [9.17, 15) is 0 Å². The number of unbranched alkanes of at least 4 members (excludes halogenated alkanes) is 1. The van der Waals surface area contributed by atoms with Crippen LogP contribution in [0.4, 0.5) is 0 Å². The van der Waals surface area contributed by atoms with Crippen LogP contribution in [0.15, 0.2) is 30.3 Å². The van der Waals surface area contributed by atoms with Crippen LogP contribution in [0.2, 0.25) is 13.1 Å². The molecule has 0 heterocycles. The molecule has 1 N–H and O–H groups in total. The van der Waals surface area contributed by atoms with Crippen molar-refractivity contribution in [3.8, 4) is 0 Å². The van der Waals surface area contributed by atoms with Crippen LogP contribution in [0.25, 0.3) is 0 Å². The molecule has 0 unspecified atom stereocenters. The summed E-state index contributed by atoms with van der Waals surface area (Å²) in [6, 6.07) is 12.0. The van der Waals surface area contributed by atoms with Crippen LogP contribution in [0.3, 0.4) is 0 Å². The second kappa shape index (κ2) is 6.08. The van der Waals surface area contributed by atoms with Crippen molar-refractivity contribution in [3.05, 3.63) is 35.9 Å². The van der Waals surface area contributed by atoms with E-state index >= 15 is 0 Å². The zero-order chi connectivity index (χ0) is 11.1. The van der Waals surface area contributed by atoms with Crippen molar-refractivity contribution in [2.24, 2.45) is 0 Å². The van der Waals surface area contributed by atoms with Crippen molar-refractivity contribution in [3.63, 3.8) is 0 Å². The molecule has 0 aliphatic carbocycles. The highest BCUT2D eigenvalue weighted by atomic mass is 28.3. The summed E-state index contributed by atoms with van der Waals surface area (Å²) in [5.41, 5.74) is 1.47. The second-order valence-electron chi connectivity index (χ2n) is 4.83. The Kier molecular flexibility index (Phi) is 5.06. The average molecular weight is 221 g/mol. The molecule has 0 radical (unpaired) electrons. The Morgan fingerprint density at radius 3 is 2.40 bits per heavy atom. The molecule has 15 heavy (non-hydrogen) atoms. The number of rotatable bonds is 6. The van der Waals surface area contributed by atoms with Crippen LogP contribution in [-0.4, -0.2) is 14.8 Å². The molecule has 1 aromatic rings. The van der Waals surface area contributed by atoms with Gasteiger partial charge in [0.15, 0.2) is 0 Å². The Bertz CT molecular complexity index is 269. The Morgan fingerprint density at radius 1 is 1.13 bits per heavy atom. The molecule has 84 valence electrons. The number of hydrogen-bond acceptors (Lipinski definition) is 1. The van der Waals surface area contributed by atoms with E-state index in [2.05, 4.69) is 55.3 Å². The van der Waals surface area contributed by atoms with Gasteiger partial charge in [-0.2, -0.15) is 0 Å². The summed E-state index contributed by atoms with van der Waals surface area (Å²) in [5, 5.41) is 0. The Morgan fingerprint density at radius 2 is 1.80 bits per heavy atom. The lowest BCUT2D eigenvalue weighted by Gasteiger charge is -2.24. The first kappa shape index (κ1) is 12.5. The molecule has 0 aromatic heterocycles. The summed E-state index contributed by atoms with van der Waals surface area (Å²) in [6.07, 6.45) is 2.58. The van der Waals surface area contributed by atoms with Crippen LogP contribution < -0.4 is 4.98 Å². The molecule has 0 aliphatic rings. The molecule has 1 aromatic carbocycles. The molecule has 0 fully saturated rings. The van der Waals surface area contributed by atoms with Gasteiger partial charge in [0.2, 0.25) is 0 Å². The van der Waals surface area contributed by atoms with E-state index in [1.54, 1.807) is 0 Å². The van der Waals surface area contributed by atoms with Gasteiger partial charge >= 0.3 is 0 Å². The molecule has 0 amide bonds. The minimum atomic E-state index is -1.23. The Balaban J connectivity index is 2.42. The van der Waals surface area contributed by atoms with Gasteiger partial charge in [0.1, 0.15) is 8.24 Å². The lowest BCUT2D eigenvalue weighted by Crippen LogP contribution is -2.47. The predicted molar refractivity (Wildman–Crippen MR) is 70.5 cm³/mol. The fourth-order valence-corrected chi connectivity index (χ4v) is 4.01. The summed E-state index contributed by atoms with van der Waals surface area (Å²) in [4.78, 5) is 3.75. The third-order valence-electron chi connectivity index (χ3n) is 2.62. The normalized spacial score (nSPS) is 11.7. The standard InChI is InChI=1S/C13H23NSi/c1-4-5-11-14-15(2,3)12-13-9-7-6-8-10-13/h6-10,14H,4-5,11-12H2,1-3H3. The second-order valence-corrected chi connectivity index (χ2v) is 9.30. The van der Waals surface area contributed by atoms with E-state index in [0.29, 0.717) is 0 Å². The molecule has 0 saturated heterocycles. The molecule has 0 saturated carbocycles. The zero-order valence-corrected chi connectivity index (χ0v) is 11.2. The van der Waals surface area contributed by atoms with Gasteiger partial charge in [0.05, 0.1) is 0 Å². The first-order valence-corrected chi connectivity index (χ1v) is 9.14. The van der Waals surface area contributed by atoms with E-state index in [1.807, 2.05) is 0 Å². The maximum atomic E-state index is 3.75. The van der Waals surface area contributed by atoms with E-state index in [1.165, 1.54) is 31.0 Å². The molecular formula is C13H23NSi. The van der Waals surface area contributed by atoms with Gasteiger partial charge in [0.25, 0.3) is 0 Å². The van der Waals surface area contributed by atoms with Crippen molar-refractivity contribution in [2.45, 2.75) is 38.9 Å². The molecule has 1 nitrogen and oxygen atoms in total. The maximum absolute atomic E-state index is 3.75. The summed E-state index contributed by atoms with van der Waals surface area (Å²) in [6.45, 7) is 8.25. The van der Waals surface area contributed by atoms with Gasteiger partial charge in [-0.05, 0) is 24.6 Å². The number of hydrogen-bond donors (Lipinski definition) is 1. The van der Waals surface area contributed by atoms with Crippen molar-refractivity contribution >= 4 is 8.24 Å². The quantitative estimate of drug-likeness (QED) is 0.574. The molecule has 0 spiro atoms. The Labute approximate surface area is 95.0 Å². The van der Waals surface area contributed by atoms with Crippen LogP contribution in [0, 0.1) is 0 Å². The lowest BCUT2D eigenvalue weighted by molar-refractivity contribution is 0.751. The number of nitrogens with one attached hydrogen (secondary N) is 1. The van der Waals surface area contributed by atoms with Gasteiger partial charge in [-0.25, -0.2) is 0 Å². The maximum Gasteiger partial charge on any atom is 0.123 e. The number of benzene rings is 1. The average Bonchev–Trinajstić information content (AvgIpc) is 2.18. The SMILES string of the molecule is CCCCN[Si](C)(C)Cc1ccccc1. The molecule has 0 aliphatic heterocycles. The highest BCUT2D eigenvalue weighted by Gasteiger charge is 2.19. The lowest BCUT2D eigenvalue weighted by atomic mass is 10.2. The monoisotopic (exact) mass is 221 g/mol. The van der Waals surface area contributed by atoms with E-state index in [4.69, 9.17) is 0 Å². The largest absolute Gasteiger partial charge is 0.337 e. The van der Waals surface area contributed by atoms with Crippen LogP contribution in [-0.2, 0) is 6.04 Å².